The number of aromatic nitrogens is 2. The van der Waals surface area contributed by atoms with Crippen LogP contribution in [0.25, 0.3) is 0 Å². The molecule has 4 nitrogen and oxygen atoms in total. The summed E-state index contributed by atoms with van der Waals surface area (Å²) < 4.78 is 8.36. The average Bonchev–Trinajstić information content (AvgIpc) is 2.83. The van der Waals surface area contributed by atoms with Crippen molar-refractivity contribution in [3.63, 3.8) is 0 Å². The summed E-state index contributed by atoms with van der Waals surface area (Å²) >= 11 is 12.6. The van der Waals surface area contributed by atoms with E-state index in [9.17, 15) is 5.11 Å². The third-order valence-electron chi connectivity index (χ3n) is 2.47. The van der Waals surface area contributed by atoms with E-state index < -0.39 is 6.10 Å². The second-order valence-corrected chi connectivity index (χ2v) is 6.07. The number of aliphatic hydroxyl groups is 1. The van der Waals surface area contributed by atoms with Gasteiger partial charge >= 0.3 is 0 Å². The Morgan fingerprint density at radius 3 is 2.61 bits per heavy atom. The van der Waals surface area contributed by atoms with Crippen LogP contribution < -0.4 is 0 Å². The fourth-order valence-corrected chi connectivity index (χ4v) is 2.49. The summed E-state index contributed by atoms with van der Waals surface area (Å²) in [7, 11) is 0. The van der Waals surface area contributed by atoms with Gasteiger partial charge in [0.05, 0.1) is 21.4 Å². The zero-order chi connectivity index (χ0) is 13.4. The van der Waals surface area contributed by atoms with Gasteiger partial charge in [-0.3, -0.25) is 4.68 Å². The molecule has 0 saturated heterocycles. The summed E-state index contributed by atoms with van der Waals surface area (Å²) in [4.78, 5) is 0. The molecule has 0 fully saturated rings. The molecule has 18 heavy (non-hydrogen) atoms. The van der Waals surface area contributed by atoms with Crippen molar-refractivity contribution in [2.75, 3.05) is 0 Å². The van der Waals surface area contributed by atoms with Crippen LogP contribution in [0.4, 0.5) is 0 Å². The Morgan fingerprint density at radius 2 is 2.11 bits per heavy atom. The second kappa shape index (κ2) is 5.36. The molecule has 0 aromatic carbocycles. The van der Waals surface area contributed by atoms with E-state index in [4.69, 9.17) is 16.0 Å². The molecule has 0 radical (unpaired) electrons. The van der Waals surface area contributed by atoms with Crippen molar-refractivity contribution in [1.82, 2.24) is 9.78 Å². The predicted octanol–water partition coefficient (Wildman–Crippen LogP) is 4.32. The molecule has 0 bridgehead atoms. The van der Waals surface area contributed by atoms with Crippen molar-refractivity contribution < 1.29 is 9.52 Å². The molecule has 1 atom stereocenters. The van der Waals surface area contributed by atoms with Crippen LogP contribution in [0.2, 0.25) is 5.02 Å². The molecule has 0 aliphatic rings. The molecule has 1 unspecified atom stereocenters. The van der Waals surface area contributed by atoms with Crippen LogP contribution in [0, 0.1) is 0 Å². The van der Waals surface area contributed by atoms with E-state index in [0.717, 1.165) is 4.47 Å². The highest BCUT2D eigenvalue weighted by Gasteiger charge is 2.24. The van der Waals surface area contributed by atoms with Gasteiger partial charge in [-0.1, -0.05) is 11.6 Å². The van der Waals surface area contributed by atoms with E-state index in [1.165, 1.54) is 6.20 Å². The summed E-state index contributed by atoms with van der Waals surface area (Å²) in [6.45, 7) is 3.93. The maximum Gasteiger partial charge on any atom is 0.183 e. The number of nitrogens with zero attached hydrogens (tertiary/aromatic N) is 2. The number of hydrogen-bond acceptors (Lipinski definition) is 3. The van der Waals surface area contributed by atoms with Gasteiger partial charge in [-0.15, -0.1) is 0 Å². The third-order valence-corrected chi connectivity index (χ3v) is 4.47. The monoisotopic (exact) mass is 396 g/mol. The van der Waals surface area contributed by atoms with Gasteiger partial charge in [-0.2, -0.15) is 5.10 Å². The minimum Gasteiger partial charge on any atom is -0.450 e. The Morgan fingerprint density at radius 1 is 1.44 bits per heavy atom. The van der Waals surface area contributed by atoms with Crippen molar-refractivity contribution in [2.45, 2.75) is 26.0 Å². The third kappa shape index (κ3) is 2.52. The number of halogens is 3. The molecule has 1 N–H and O–H groups in total. The van der Waals surface area contributed by atoms with Crippen molar-refractivity contribution in [3.8, 4) is 0 Å². The summed E-state index contributed by atoms with van der Waals surface area (Å²) in [6, 6.07) is 1.80. The number of furan rings is 1. The molecule has 2 aromatic rings. The molecule has 98 valence electrons. The minimum absolute atomic E-state index is 0.101. The molecule has 2 heterocycles. The maximum atomic E-state index is 10.3. The molecule has 0 saturated carbocycles. The Balaban J connectivity index is 2.45. The summed E-state index contributed by atoms with van der Waals surface area (Å²) in [5.41, 5.74) is 0.528. The number of aliphatic hydroxyl groups excluding tert-OH is 1. The maximum absolute atomic E-state index is 10.3. The highest BCUT2D eigenvalue weighted by Crippen LogP contribution is 2.35. The molecule has 0 aliphatic carbocycles. The van der Waals surface area contributed by atoms with Crippen LogP contribution in [0.5, 0.6) is 0 Å². The van der Waals surface area contributed by atoms with Gasteiger partial charge in [-0.25, -0.2) is 0 Å². The first-order valence-corrected chi connectivity index (χ1v) is 7.24. The van der Waals surface area contributed by atoms with Crippen LogP contribution in [0.3, 0.4) is 0 Å². The quantitative estimate of drug-likeness (QED) is 0.838. The fraction of sp³-hybridized carbons (Fsp3) is 0.364. The van der Waals surface area contributed by atoms with E-state index in [0.29, 0.717) is 21.1 Å². The van der Waals surface area contributed by atoms with E-state index in [1.807, 2.05) is 13.8 Å². The first-order chi connectivity index (χ1) is 8.41. The van der Waals surface area contributed by atoms with Crippen LogP contribution in [-0.2, 0) is 0 Å². The molecular formula is C11H11Br2ClN2O2. The lowest BCUT2D eigenvalue weighted by atomic mass is 10.2. The molecule has 0 amide bonds. The molecule has 7 heteroatoms. The van der Waals surface area contributed by atoms with E-state index in [2.05, 4.69) is 37.0 Å². The predicted molar refractivity (Wildman–Crippen MR) is 75.8 cm³/mol. The number of hydrogen-bond donors (Lipinski definition) is 1. The van der Waals surface area contributed by atoms with Crippen LogP contribution >= 0.6 is 43.5 Å². The van der Waals surface area contributed by atoms with Gasteiger partial charge in [0.1, 0.15) is 5.76 Å². The first-order valence-electron chi connectivity index (χ1n) is 5.27. The zero-order valence-corrected chi connectivity index (χ0v) is 13.6. The lowest BCUT2D eigenvalue weighted by Crippen LogP contribution is -2.12. The van der Waals surface area contributed by atoms with Gasteiger partial charge in [0.25, 0.3) is 0 Å². The topological polar surface area (TPSA) is 51.2 Å². The summed E-state index contributed by atoms with van der Waals surface area (Å²) in [5, 5.41) is 14.9. The van der Waals surface area contributed by atoms with Gasteiger partial charge < -0.3 is 9.52 Å². The Kier molecular flexibility index (Phi) is 4.21. The lowest BCUT2D eigenvalue weighted by Gasteiger charge is -2.14. The average molecular weight is 398 g/mol. The van der Waals surface area contributed by atoms with Crippen molar-refractivity contribution in [2.24, 2.45) is 0 Å². The largest absolute Gasteiger partial charge is 0.450 e. The van der Waals surface area contributed by atoms with E-state index in [1.54, 1.807) is 10.7 Å². The lowest BCUT2D eigenvalue weighted by molar-refractivity contribution is 0.175. The Labute approximate surface area is 126 Å². The van der Waals surface area contributed by atoms with E-state index in [-0.39, 0.29) is 6.04 Å². The normalized spacial score (nSPS) is 13.3. The molecule has 2 rings (SSSR count). The SMILES string of the molecule is CC(C)n1ncc(Cl)c1C(O)c1cc(Br)c(Br)o1. The van der Waals surface area contributed by atoms with E-state index >= 15 is 0 Å². The summed E-state index contributed by atoms with van der Waals surface area (Å²) in [5.74, 6) is 0.401. The van der Waals surface area contributed by atoms with Gasteiger partial charge in [-0.05, 0) is 51.8 Å². The molecule has 2 aromatic heterocycles. The smallest absolute Gasteiger partial charge is 0.183 e. The standard InChI is InChI=1S/C11H11Br2ClN2O2/c1-5(2)16-9(7(14)4-15-16)10(17)8-3-6(12)11(13)18-8/h3-5,10,17H,1-2H3. The van der Waals surface area contributed by atoms with Crippen molar-refractivity contribution >= 4 is 43.5 Å². The molecule has 0 aliphatic heterocycles. The number of rotatable bonds is 3. The Hall–Kier alpha value is -0.300. The zero-order valence-electron chi connectivity index (χ0n) is 9.69. The van der Waals surface area contributed by atoms with Crippen LogP contribution in [-0.4, -0.2) is 14.9 Å². The minimum atomic E-state index is -0.954. The van der Waals surface area contributed by atoms with Gasteiger partial charge in [0.15, 0.2) is 10.8 Å². The Bertz CT molecular complexity index is 546. The van der Waals surface area contributed by atoms with Crippen LogP contribution in [0.1, 0.15) is 37.4 Å². The van der Waals surface area contributed by atoms with Crippen LogP contribution in [0.15, 0.2) is 25.8 Å². The second-order valence-electron chi connectivity index (χ2n) is 4.09. The molecule has 0 spiro atoms. The molecular weight excluding hydrogens is 387 g/mol. The highest BCUT2D eigenvalue weighted by atomic mass is 79.9. The summed E-state index contributed by atoms with van der Waals surface area (Å²) in [6.07, 6.45) is 0.567. The fourth-order valence-electron chi connectivity index (χ4n) is 1.65. The van der Waals surface area contributed by atoms with Gasteiger partial charge in [0.2, 0.25) is 0 Å². The van der Waals surface area contributed by atoms with Gasteiger partial charge in [0, 0.05) is 6.04 Å². The van der Waals surface area contributed by atoms with Crippen molar-refractivity contribution in [1.29, 1.82) is 0 Å². The highest BCUT2D eigenvalue weighted by molar-refractivity contribution is 9.13. The van der Waals surface area contributed by atoms with Crippen molar-refractivity contribution in [3.05, 3.63) is 37.9 Å². The first kappa shape index (κ1) is 14.1.